The number of nitrogens with one attached hydrogen (secondary N) is 1. The third kappa shape index (κ3) is 4.55. The number of nitriles is 1. The van der Waals surface area contributed by atoms with Crippen LogP contribution in [0.15, 0.2) is 54.6 Å². The quantitative estimate of drug-likeness (QED) is 0.795. The van der Waals surface area contributed by atoms with E-state index in [-0.39, 0.29) is 18.0 Å². The molecule has 0 bridgehead atoms. The number of nitrogens with zero attached hydrogens (tertiary/aromatic N) is 3. The number of hydrogen-bond acceptors (Lipinski definition) is 4. The first-order valence-corrected chi connectivity index (χ1v) is 8.85. The lowest BCUT2D eigenvalue weighted by Gasteiger charge is -2.28. The van der Waals surface area contributed by atoms with Crippen LogP contribution in [0.1, 0.15) is 17.5 Å². The number of hydrazine groups is 1. The Labute approximate surface area is 160 Å². The Kier molecular flexibility index (Phi) is 5.73. The lowest BCUT2D eigenvalue weighted by molar-refractivity contribution is -0.140. The second-order valence-electron chi connectivity index (χ2n) is 6.50. The van der Waals surface area contributed by atoms with Crippen molar-refractivity contribution in [1.82, 2.24) is 10.0 Å². The monoisotopic (exact) mass is 388 g/mol. The molecule has 1 atom stereocenters. The molecule has 1 aliphatic rings. The van der Waals surface area contributed by atoms with Gasteiger partial charge in [-0.3, -0.25) is 4.79 Å². The molecule has 2 aromatic rings. The van der Waals surface area contributed by atoms with Gasteiger partial charge >= 0.3 is 6.18 Å². The molecule has 1 saturated heterocycles. The average Bonchev–Trinajstić information content (AvgIpc) is 3.16. The maximum atomic E-state index is 13.1. The molecule has 2 aromatic carbocycles. The highest BCUT2D eigenvalue weighted by molar-refractivity contribution is 5.85. The van der Waals surface area contributed by atoms with Crippen LogP contribution in [0.5, 0.6) is 0 Å². The molecule has 1 amide bonds. The topological polar surface area (TPSA) is 59.4 Å². The van der Waals surface area contributed by atoms with E-state index < -0.39 is 17.8 Å². The number of benzene rings is 2. The van der Waals surface area contributed by atoms with E-state index in [1.807, 2.05) is 36.5 Å². The summed E-state index contributed by atoms with van der Waals surface area (Å²) in [6.45, 7) is 0.853. The van der Waals surface area contributed by atoms with E-state index in [0.29, 0.717) is 19.5 Å². The fourth-order valence-electron chi connectivity index (χ4n) is 3.16. The molecule has 1 heterocycles. The minimum atomic E-state index is -4.47. The fourth-order valence-corrected chi connectivity index (χ4v) is 3.16. The van der Waals surface area contributed by atoms with Gasteiger partial charge in [0, 0.05) is 18.7 Å². The summed E-state index contributed by atoms with van der Waals surface area (Å²) in [5.41, 5.74) is 0.276. The first kappa shape index (κ1) is 19.5. The standard InChI is InChI=1S/C20H19F3N4O/c21-20(22,23)16-8-4-9-17(13-16)25-18(12-15-6-2-1-3-7-15)19(28)27-11-5-10-26(27)14-24/h1-4,6-9,13,18,25H,5,10-12H2. The number of hydrogen-bond donors (Lipinski definition) is 1. The second-order valence-corrected chi connectivity index (χ2v) is 6.50. The van der Waals surface area contributed by atoms with Gasteiger partial charge in [0.15, 0.2) is 6.19 Å². The van der Waals surface area contributed by atoms with Crippen molar-refractivity contribution in [3.05, 3.63) is 65.7 Å². The minimum Gasteiger partial charge on any atom is -0.373 e. The maximum absolute atomic E-state index is 13.1. The molecule has 0 spiro atoms. The van der Waals surface area contributed by atoms with Crippen molar-refractivity contribution in [3.63, 3.8) is 0 Å². The smallest absolute Gasteiger partial charge is 0.373 e. The predicted octanol–water partition coefficient (Wildman–Crippen LogP) is 3.66. The number of amides is 1. The lowest BCUT2D eigenvalue weighted by Crippen LogP contribution is -2.47. The Morgan fingerprint density at radius 2 is 1.89 bits per heavy atom. The van der Waals surface area contributed by atoms with E-state index in [9.17, 15) is 23.2 Å². The number of alkyl halides is 3. The van der Waals surface area contributed by atoms with Crippen molar-refractivity contribution in [2.45, 2.75) is 25.1 Å². The van der Waals surface area contributed by atoms with Gasteiger partial charge in [-0.15, -0.1) is 0 Å². The Morgan fingerprint density at radius 3 is 2.57 bits per heavy atom. The highest BCUT2D eigenvalue weighted by Crippen LogP contribution is 2.31. The van der Waals surface area contributed by atoms with Crippen LogP contribution in [-0.4, -0.2) is 35.1 Å². The molecule has 8 heteroatoms. The van der Waals surface area contributed by atoms with Gasteiger partial charge in [-0.1, -0.05) is 36.4 Å². The molecule has 1 aliphatic heterocycles. The van der Waals surface area contributed by atoms with Gasteiger partial charge in [-0.05, 0) is 30.2 Å². The first-order valence-electron chi connectivity index (χ1n) is 8.85. The summed E-state index contributed by atoms with van der Waals surface area (Å²) >= 11 is 0. The number of rotatable bonds is 5. The first-order chi connectivity index (χ1) is 13.4. The Bertz CT molecular complexity index is 864. The van der Waals surface area contributed by atoms with E-state index in [1.54, 1.807) is 0 Å². The van der Waals surface area contributed by atoms with Crippen LogP contribution in [0.2, 0.25) is 0 Å². The Morgan fingerprint density at radius 1 is 1.14 bits per heavy atom. The predicted molar refractivity (Wildman–Crippen MR) is 97.6 cm³/mol. The van der Waals surface area contributed by atoms with Crippen LogP contribution in [0.3, 0.4) is 0 Å². The van der Waals surface area contributed by atoms with Gasteiger partial charge in [-0.2, -0.15) is 18.4 Å². The zero-order chi connectivity index (χ0) is 20.1. The van der Waals surface area contributed by atoms with Crippen molar-refractivity contribution in [1.29, 1.82) is 5.26 Å². The number of carbonyl (C=O) groups is 1. The molecule has 1 fully saturated rings. The summed E-state index contributed by atoms with van der Waals surface area (Å²) in [4.78, 5) is 13.1. The van der Waals surface area contributed by atoms with Gasteiger partial charge in [0.05, 0.1) is 12.1 Å². The summed E-state index contributed by atoms with van der Waals surface area (Å²) in [5, 5.41) is 14.8. The third-order valence-electron chi connectivity index (χ3n) is 4.51. The van der Waals surface area contributed by atoms with Gasteiger partial charge in [0.2, 0.25) is 0 Å². The average molecular weight is 388 g/mol. The van der Waals surface area contributed by atoms with Crippen LogP contribution < -0.4 is 5.32 Å². The minimum absolute atomic E-state index is 0.201. The molecule has 146 valence electrons. The van der Waals surface area contributed by atoms with Crippen molar-refractivity contribution >= 4 is 11.6 Å². The summed E-state index contributed by atoms with van der Waals surface area (Å²) in [7, 11) is 0. The van der Waals surface area contributed by atoms with E-state index in [2.05, 4.69) is 5.32 Å². The number of anilines is 1. The van der Waals surface area contributed by atoms with E-state index in [1.165, 1.54) is 22.2 Å². The summed E-state index contributed by atoms with van der Waals surface area (Å²) in [6, 6.07) is 13.2. The second kappa shape index (κ2) is 8.21. The molecule has 0 aliphatic carbocycles. The SMILES string of the molecule is N#CN1CCCN1C(=O)C(Cc1ccccc1)Nc1cccc(C(F)(F)F)c1. The van der Waals surface area contributed by atoms with Crippen LogP contribution in [0.4, 0.5) is 18.9 Å². The zero-order valence-electron chi connectivity index (χ0n) is 15.0. The van der Waals surface area contributed by atoms with Crippen molar-refractivity contribution < 1.29 is 18.0 Å². The molecular weight excluding hydrogens is 369 g/mol. The Hall–Kier alpha value is -3.21. The number of halogens is 3. The molecule has 0 aromatic heterocycles. The van der Waals surface area contributed by atoms with Gasteiger partial charge in [0.1, 0.15) is 6.04 Å². The van der Waals surface area contributed by atoms with E-state index in [4.69, 9.17) is 0 Å². The van der Waals surface area contributed by atoms with Gasteiger partial charge < -0.3 is 5.32 Å². The van der Waals surface area contributed by atoms with Crippen LogP contribution in [0, 0.1) is 11.5 Å². The third-order valence-corrected chi connectivity index (χ3v) is 4.51. The summed E-state index contributed by atoms with van der Waals surface area (Å²) in [6.07, 6.45) is -1.55. The van der Waals surface area contributed by atoms with Gasteiger partial charge in [0.25, 0.3) is 5.91 Å². The highest BCUT2D eigenvalue weighted by Gasteiger charge is 2.33. The van der Waals surface area contributed by atoms with Gasteiger partial charge in [-0.25, -0.2) is 10.0 Å². The largest absolute Gasteiger partial charge is 0.416 e. The van der Waals surface area contributed by atoms with Crippen LogP contribution in [0.25, 0.3) is 0 Å². The van der Waals surface area contributed by atoms with E-state index in [0.717, 1.165) is 17.7 Å². The number of carbonyl (C=O) groups excluding carboxylic acids is 1. The molecule has 3 rings (SSSR count). The van der Waals surface area contributed by atoms with E-state index >= 15 is 0 Å². The summed E-state index contributed by atoms with van der Waals surface area (Å²) in [5.74, 6) is -0.347. The Balaban J connectivity index is 1.86. The maximum Gasteiger partial charge on any atom is 0.416 e. The normalized spacial score (nSPS) is 15.2. The highest BCUT2D eigenvalue weighted by atomic mass is 19.4. The van der Waals surface area contributed by atoms with Crippen LogP contribution >= 0.6 is 0 Å². The molecule has 0 saturated carbocycles. The molecular formula is C20H19F3N4O. The van der Waals surface area contributed by atoms with Crippen molar-refractivity contribution in [2.24, 2.45) is 0 Å². The molecule has 5 nitrogen and oxygen atoms in total. The lowest BCUT2D eigenvalue weighted by atomic mass is 10.0. The molecule has 0 radical (unpaired) electrons. The molecule has 28 heavy (non-hydrogen) atoms. The van der Waals surface area contributed by atoms with Crippen molar-refractivity contribution in [3.8, 4) is 6.19 Å². The fraction of sp³-hybridized carbons (Fsp3) is 0.300. The molecule has 1 N–H and O–H groups in total. The molecule has 1 unspecified atom stereocenters. The van der Waals surface area contributed by atoms with Crippen LogP contribution in [-0.2, 0) is 17.4 Å². The van der Waals surface area contributed by atoms with Crippen molar-refractivity contribution in [2.75, 3.05) is 18.4 Å². The zero-order valence-corrected chi connectivity index (χ0v) is 15.0. The summed E-state index contributed by atoms with van der Waals surface area (Å²) < 4.78 is 39.0.